The van der Waals surface area contributed by atoms with Gasteiger partial charge >= 0.3 is 0 Å². The number of benzene rings is 2. The summed E-state index contributed by atoms with van der Waals surface area (Å²) in [6.07, 6.45) is 0. The van der Waals surface area contributed by atoms with Crippen LogP contribution in [0.3, 0.4) is 0 Å². The molecule has 5 nitrogen and oxygen atoms in total. The van der Waals surface area contributed by atoms with E-state index < -0.39 is 0 Å². The number of phenolic OH excluding ortho intramolecular Hbond substituents is 2. The second-order valence-corrected chi connectivity index (χ2v) is 4.99. The fourth-order valence-corrected chi connectivity index (χ4v) is 2.32. The molecule has 0 aliphatic carbocycles. The first-order valence-corrected chi connectivity index (χ1v) is 6.82. The number of ether oxygens (including phenoxy) is 1. The maximum Gasteiger partial charge on any atom is 0.161 e. The van der Waals surface area contributed by atoms with Crippen LogP contribution in [0, 0.1) is 6.92 Å². The number of methoxy groups -OCH3 is 1. The zero-order valence-electron chi connectivity index (χ0n) is 12.3. The van der Waals surface area contributed by atoms with Gasteiger partial charge in [0, 0.05) is 16.8 Å². The molecule has 1 aromatic heterocycles. The van der Waals surface area contributed by atoms with E-state index in [1.165, 1.54) is 7.11 Å². The Morgan fingerprint density at radius 1 is 1.00 bits per heavy atom. The molecule has 0 unspecified atom stereocenters. The van der Waals surface area contributed by atoms with Crippen LogP contribution in [0.4, 0.5) is 0 Å². The van der Waals surface area contributed by atoms with Gasteiger partial charge in [-0.25, -0.2) is 4.98 Å². The second kappa shape index (κ2) is 5.44. The number of aryl methyl sites for hydroxylation is 1. The molecule has 3 aromatic rings. The number of aromatic hydroxyl groups is 2. The average Bonchev–Trinajstić information content (AvgIpc) is 2.90. The van der Waals surface area contributed by atoms with E-state index in [9.17, 15) is 10.2 Å². The quantitative estimate of drug-likeness (QED) is 0.691. The average molecular weight is 296 g/mol. The van der Waals surface area contributed by atoms with Gasteiger partial charge in [0.25, 0.3) is 0 Å². The molecule has 22 heavy (non-hydrogen) atoms. The molecule has 112 valence electrons. The SMILES string of the molecule is COc1cc(-c2nc(-c3ccc(O)cc3)c(C)[nH]2)ccc1O. The molecule has 0 spiro atoms. The summed E-state index contributed by atoms with van der Waals surface area (Å²) in [5.74, 6) is 1.41. The molecular weight excluding hydrogens is 280 g/mol. The fourth-order valence-electron chi connectivity index (χ4n) is 2.32. The highest BCUT2D eigenvalue weighted by molar-refractivity contribution is 5.69. The summed E-state index contributed by atoms with van der Waals surface area (Å²) in [5, 5.41) is 19.0. The lowest BCUT2D eigenvalue weighted by molar-refractivity contribution is 0.373. The monoisotopic (exact) mass is 296 g/mol. The first-order valence-electron chi connectivity index (χ1n) is 6.82. The molecule has 3 N–H and O–H groups in total. The molecular formula is C17H16N2O3. The molecule has 0 radical (unpaired) electrons. The Labute approximate surface area is 127 Å². The largest absolute Gasteiger partial charge is 0.508 e. The van der Waals surface area contributed by atoms with E-state index in [1.54, 1.807) is 30.3 Å². The minimum atomic E-state index is 0.0910. The number of imidazole rings is 1. The van der Waals surface area contributed by atoms with Crippen molar-refractivity contribution in [2.75, 3.05) is 7.11 Å². The van der Waals surface area contributed by atoms with Crippen LogP contribution in [0.1, 0.15) is 5.69 Å². The van der Waals surface area contributed by atoms with Crippen LogP contribution in [0.2, 0.25) is 0 Å². The molecule has 0 saturated carbocycles. The molecule has 0 atom stereocenters. The van der Waals surface area contributed by atoms with E-state index in [1.807, 2.05) is 19.1 Å². The molecule has 0 fully saturated rings. The molecule has 0 saturated heterocycles. The highest BCUT2D eigenvalue weighted by Crippen LogP contribution is 2.32. The van der Waals surface area contributed by atoms with E-state index in [4.69, 9.17) is 4.74 Å². The summed E-state index contributed by atoms with van der Waals surface area (Å²) in [6, 6.07) is 12.0. The van der Waals surface area contributed by atoms with Gasteiger partial charge in [-0.05, 0) is 49.4 Å². The summed E-state index contributed by atoms with van der Waals surface area (Å²) in [6.45, 7) is 1.94. The Bertz CT molecular complexity index is 807. The van der Waals surface area contributed by atoms with Crippen molar-refractivity contribution in [3.05, 3.63) is 48.2 Å². The maximum atomic E-state index is 9.67. The third kappa shape index (κ3) is 2.48. The van der Waals surface area contributed by atoms with Crippen LogP contribution >= 0.6 is 0 Å². The maximum absolute atomic E-state index is 9.67. The second-order valence-electron chi connectivity index (χ2n) is 4.99. The Balaban J connectivity index is 2.03. The molecule has 0 aliphatic rings. The van der Waals surface area contributed by atoms with Crippen molar-refractivity contribution < 1.29 is 14.9 Å². The highest BCUT2D eigenvalue weighted by Gasteiger charge is 2.12. The topological polar surface area (TPSA) is 78.4 Å². The first kappa shape index (κ1) is 14.0. The Morgan fingerprint density at radius 3 is 2.36 bits per heavy atom. The van der Waals surface area contributed by atoms with Crippen molar-refractivity contribution in [3.63, 3.8) is 0 Å². The van der Waals surface area contributed by atoms with Crippen LogP contribution in [-0.2, 0) is 0 Å². The number of aromatic amines is 1. The predicted molar refractivity (Wildman–Crippen MR) is 84.1 cm³/mol. The number of H-pyrrole nitrogens is 1. The summed E-state index contributed by atoms with van der Waals surface area (Å²) in [4.78, 5) is 7.84. The molecule has 1 heterocycles. The number of nitrogens with zero attached hydrogens (tertiary/aromatic N) is 1. The Morgan fingerprint density at radius 2 is 1.68 bits per heavy atom. The minimum absolute atomic E-state index is 0.0910. The lowest BCUT2D eigenvalue weighted by atomic mass is 10.1. The van der Waals surface area contributed by atoms with Gasteiger partial charge in [0.15, 0.2) is 11.5 Å². The summed E-state index contributed by atoms with van der Waals surface area (Å²) in [7, 11) is 1.51. The van der Waals surface area contributed by atoms with Gasteiger partial charge in [0.1, 0.15) is 11.6 Å². The standard InChI is InChI=1S/C17H16N2O3/c1-10-16(11-3-6-13(20)7-4-11)19-17(18-10)12-5-8-14(21)15(9-12)22-2/h3-9,20-21H,1-2H3,(H,18,19). The van der Waals surface area contributed by atoms with Crippen LogP contribution in [0.5, 0.6) is 17.2 Å². The van der Waals surface area contributed by atoms with Gasteiger partial charge in [-0.3, -0.25) is 0 Å². The van der Waals surface area contributed by atoms with Gasteiger partial charge in [-0.2, -0.15) is 0 Å². The zero-order chi connectivity index (χ0) is 15.7. The highest BCUT2D eigenvalue weighted by atomic mass is 16.5. The first-order chi connectivity index (χ1) is 10.6. The number of hydrogen-bond donors (Lipinski definition) is 3. The van der Waals surface area contributed by atoms with E-state index in [0.717, 1.165) is 22.5 Å². The van der Waals surface area contributed by atoms with Gasteiger partial charge in [-0.1, -0.05) is 0 Å². The molecule has 2 aromatic carbocycles. The van der Waals surface area contributed by atoms with E-state index >= 15 is 0 Å². The lowest BCUT2D eigenvalue weighted by Gasteiger charge is -2.04. The third-order valence-corrected chi connectivity index (χ3v) is 3.48. The van der Waals surface area contributed by atoms with Gasteiger partial charge in [0.2, 0.25) is 0 Å². The summed E-state index contributed by atoms with van der Waals surface area (Å²) < 4.78 is 5.12. The van der Waals surface area contributed by atoms with Gasteiger partial charge < -0.3 is 19.9 Å². The van der Waals surface area contributed by atoms with Crippen molar-refractivity contribution in [1.29, 1.82) is 0 Å². The Hall–Kier alpha value is -2.95. The number of rotatable bonds is 3. The van der Waals surface area contributed by atoms with Crippen molar-refractivity contribution in [2.24, 2.45) is 0 Å². The molecule has 5 heteroatoms. The summed E-state index contributed by atoms with van der Waals surface area (Å²) >= 11 is 0. The van der Waals surface area contributed by atoms with Crippen LogP contribution < -0.4 is 4.74 Å². The van der Waals surface area contributed by atoms with Gasteiger partial charge in [0.05, 0.1) is 12.8 Å². The number of aromatic nitrogens is 2. The van der Waals surface area contributed by atoms with Gasteiger partial charge in [-0.15, -0.1) is 0 Å². The zero-order valence-corrected chi connectivity index (χ0v) is 12.3. The normalized spacial score (nSPS) is 10.6. The summed E-state index contributed by atoms with van der Waals surface area (Å²) in [5.41, 5.74) is 3.49. The molecule has 0 aliphatic heterocycles. The third-order valence-electron chi connectivity index (χ3n) is 3.48. The van der Waals surface area contributed by atoms with Crippen molar-refractivity contribution in [1.82, 2.24) is 9.97 Å². The number of hydrogen-bond acceptors (Lipinski definition) is 4. The van der Waals surface area contributed by atoms with Crippen LogP contribution in [0.15, 0.2) is 42.5 Å². The number of phenols is 2. The van der Waals surface area contributed by atoms with Crippen molar-refractivity contribution in [2.45, 2.75) is 6.92 Å². The smallest absolute Gasteiger partial charge is 0.161 e. The van der Waals surface area contributed by atoms with E-state index in [0.29, 0.717) is 11.6 Å². The molecule has 0 bridgehead atoms. The lowest BCUT2D eigenvalue weighted by Crippen LogP contribution is -1.86. The molecule has 3 rings (SSSR count). The Kier molecular flexibility index (Phi) is 3.47. The minimum Gasteiger partial charge on any atom is -0.508 e. The van der Waals surface area contributed by atoms with Crippen LogP contribution in [-0.4, -0.2) is 27.3 Å². The van der Waals surface area contributed by atoms with Crippen LogP contribution in [0.25, 0.3) is 22.6 Å². The molecule has 0 amide bonds. The van der Waals surface area contributed by atoms with Crippen molar-refractivity contribution >= 4 is 0 Å². The van der Waals surface area contributed by atoms with E-state index in [-0.39, 0.29) is 11.5 Å². The fraction of sp³-hybridized carbons (Fsp3) is 0.118. The van der Waals surface area contributed by atoms with Crippen molar-refractivity contribution in [3.8, 4) is 39.9 Å². The van der Waals surface area contributed by atoms with E-state index in [2.05, 4.69) is 9.97 Å². The predicted octanol–water partition coefficient (Wildman–Crippen LogP) is 3.47. The number of nitrogens with one attached hydrogen (secondary N) is 1.